The second-order valence-corrected chi connectivity index (χ2v) is 5.91. The summed E-state index contributed by atoms with van der Waals surface area (Å²) in [7, 11) is 0. The summed E-state index contributed by atoms with van der Waals surface area (Å²) in [5.41, 5.74) is 0.685. The van der Waals surface area contributed by atoms with Gasteiger partial charge in [0.2, 0.25) is 0 Å². The molecule has 0 aliphatic heterocycles. The Kier molecular flexibility index (Phi) is 2.18. The third-order valence-corrected chi connectivity index (χ3v) is 3.63. The van der Waals surface area contributed by atoms with Crippen LogP contribution >= 0.6 is 0 Å². The largest absolute Gasteiger partial charge is 0.375 e. The van der Waals surface area contributed by atoms with Crippen LogP contribution in [0.1, 0.15) is 52.9 Å². The van der Waals surface area contributed by atoms with Gasteiger partial charge in [0.1, 0.15) is 0 Å². The van der Waals surface area contributed by atoms with Crippen molar-refractivity contribution in [1.82, 2.24) is 0 Å². The first kappa shape index (κ1) is 9.51. The van der Waals surface area contributed by atoms with Crippen molar-refractivity contribution < 1.29 is 4.74 Å². The summed E-state index contributed by atoms with van der Waals surface area (Å²) in [6, 6.07) is 0. The van der Waals surface area contributed by atoms with Crippen LogP contribution in [0.4, 0.5) is 0 Å². The lowest BCUT2D eigenvalue weighted by Gasteiger charge is -2.27. The first-order valence-corrected chi connectivity index (χ1v) is 5.66. The standard InChI is InChI=1S/C12H22O/c1-11(2,3)13-9-12-7-5-4-6-10(12)8-12/h10H,4-9H2,1-3H3. The summed E-state index contributed by atoms with van der Waals surface area (Å²) in [4.78, 5) is 0. The normalized spacial score (nSPS) is 38.5. The number of hydrogen-bond acceptors (Lipinski definition) is 1. The molecule has 0 aromatic rings. The number of fused-ring (bicyclic) bond motifs is 1. The maximum Gasteiger partial charge on any atom is 0.0598 e. The van der Waals surface area contributed by atoms with Crippen molar-refractivity contribution in [3.63, 3.8) is 0 Å². The molecule has 2 saturated carbocycles. The lowest BCUT2D eigenvalue weighted by Crippen LogP contribution is -2.26. The van der Waals surface area contributed by atoms with Crippen LogP contribution in [0.2, 0.25) is 0 Å². The Morgan fingerprint density at radius 1 is 1.31 bits per heavy atom. The van der Waals surface area contributed by atoms with Gasteiger partial charge >= 0.3 is 0 Å². The topological polar surface area (TPSA) is 9.23 Å². The maximum atomic E-state index is 5.91. The molecule has 76 valence electrons. The van der Waals surface area contributed by atoms with Gasteiger partial charge in [-0.05, 0) is 51.4 Å². The lowest BCUT2D eigenvalue weighted by molar-refractivity contribution is -0.0356. The van der Waals surface area contributed by atoms with Crippen LogP contribution < -0.4 is 0 Å². The molecular weight excluding hydrogens is 160 g/mol. The second kappa shape index (κ2) is 2.98. The van der Waals surface area contributed by atoms with Crippen molar-refractivity contribution >= 4 is 0 Å². The van der Waals surface area contributed by atoms with Gasteiger partial charge in [-0.1, -0.05) is 12.8 Å². The van der Waals surface area contributed by atoms with Crippen LogP contribution in [0.15, 0.2) is 0 Å². The molecule has 1 nitrogen and oxygen atoms in total. The molecule has 2 atom stereocenters. The fourth-order valence-electron chi connectivity index (χ4n) is 2.62. The Hall–Kier alpha value is -0.0400. The zero-order chi connectivity index (χ0) is 9.53. The third-order valence-electron chi connectivity index (χ3n) is 3.63. The van der Waals surface area contributed by atoms with E-state index < -0.39 is 0 Å². The van der Waals surface area contributed by atoms with Crippen molar-refractivity contribution in [3.05, 3.63) is 0 Å². The monoisotopic (exact) mass is 182 g/mol. The van der Waals surface area contributed by atoms with E-state index in [0.29, 0.717) is 5.41 Å². The first-order valence-electron chi connectivity index (χ1n) is 5.66. The predicted molar refractivity (Wildman–Crippen MR) is 54.7 cm³/mol. The van der Waals surface area contributed by atoms with Crippen LogP contribution in [0, 0.1) is 11.3 Å². The fraction of sp³-hybridized carbons (Fsp3) is 1.00. The summed E-state index contributed by atoms with van der Waals surface area (Å²) in [5.74, 6) is 1.02. The number of hydrogen-bond donors (Lipinski definition) is 0. The van der Waals surface area contributed by atoms with Crippen LogP contribution in [0.25, 0.3) is 0 Å². The smallest absolute Gasteiger partial charge is 0.0598 e. The molecule has 2 unspecified atom stereocenters. The van der Waals surface area contributed by atoms with Crippen LogP contribution in [-0.4, -0.2) is 12.2 Å². The molecule has 0 saturated heterocycles. The Balaban J connectivity index is 1.82. The van der Waals surface area contributed by atoms with E-state index in [0.717, 1.165) is 12.5 Å². The van der Waals surface area contributed by atoms with Crippen LogP contribution in [-0.2, 0) is 4.74 Å². The Bertz CT molecular complexity index is 192. The molecule has 13 heavy (non-hydrogen) atoms. The zero-order valence-electron chi connectivity index (χ0n) is 9.23. The molecule has 0 spiro atoms. The minimum Gasteiger partial charge on any atom is -0.375 e. The SMILES string of the molecule is CC(C)(C)OCC12CCCCC1C2. The van der Waals surface area contributed by atoms with E-state index in [2.05, 4.69) is 20.8 Å². The summed E-state index contributed by atoms with van der Waals surface area (Å²) >= 11 is 0. The lowest BCUT2D eigenvalue weighted by atomic mass is 9.89. The Labute approximate surface area is 81.9 Å². The molecule has 0 heterocycles. The highest BCUT2D eigenvalue weighted by atomic mass is 16.5. The Morgan fingerprint density at radius 2 is 2.08 bits per heavy atom. The molecule has 0 amide bonds. The van der Waals surface area contributed by atoms with Crippen molar-refractivity contribution in [1.29, 1.82) is 0 Å². The zero-order valence-corrected chi connectivity index (χ0v) is 9.23. The van der Waals surface area contributed by atoms with E-state index in [-0.39, 0.29) is 5.60 Å². The van der Waals surface area contributed by atoms with Crippen molar-refractivity contribution in [2.24, 2.45) is 11.3 Å². The summed E-state index contributed by atoms with van der Waals surface area (Å²) in [6.07, 6.45) is 7.23. The highest BCUT2D eigenvalue weighted by molar-refractivity contribution is 5.04. The molecule has 0 aromatic carbocycles. The predicted octanol–water partition coefficient (Wildman–Crippen LogP) is 3.38. The fourth-order valence-corrected chi connectivity index (χ4v) is 2.62. The van der Waals surface area contributed by atoms with Gasteiger partial charge in [-0.2, -0.15) is 0 Å². The third kappa shape index (κ3) is 2.07. The quantitative estimate of drug-likeness (QED) is 0.636. The van der Waals surface area contributed by atoms with Gasteiger partial charge < -0.3 is 4.74 Å². The van der Waals surface area contributed by atoms with E-state index in [4.69, 9.17) is 4.74 Å². The Morgan fingerprint density at radius 3 is 2.69 bits per heavy atom. The van der Waals surface area contributed by atoms with Gasteiger partial charge in [0.25, 0.3) is 0 Å². The van der Waals surface area contributed by atoms with Gasteiger partial charge in [-0.15, -0.1) is 0 Å². The molecule has 0 bridgehead atoms. The summed E-state index contributed by atoms with van der Waals surface area (Å²) in [6.45, 7) is 7.48. The van der Waals surface area contributed by atoms with Gasteiger partial charge in [-0.3, -0.25) is 0 Å². The van der Waals surface area contributed by atoms with E-state index in [1.807, 2.05) is 0 Å². The van der Waals surface area contributed by atoms with Gasteiger partial charge in [-0.25, -0.2) is 0 Å². The second-order valence-electron chi connectivity index (χ2n) is 5.91. The molecular formula is C12H22O. The average molecular weight is 182 g/mol. The van der Waals surface area contributed by atoms with E-state index in [1.54, 1.807) is 0 Å². The average Bonchev–Trinajstić information content (AvgIpc) is 2.74. The highest BCUT2D eigenvalue weighted by Crippen LogP contribution is 2.61. The summed E-state index contributed by atoms with van der Waals surface area (Å²) < 4.78 is 5.91. The maximum absolute atomic E-state index is 5.91. The highest BCUT2D eigenvalue weighted by Gasteiger charge is 2.54. The molecule has 0 radical (unpaired) electrons. The molecule has 2 aliphatic carbocycles. The number of rotatable bonds is 2. The van der Waals surface area contributed by atoms with Gasteiger partial charge in [0, 0.05) is 0 Å². The van der Waals surface area contributed by atoms with Crippen molar-refractivity contribution in [3.8, 4) is 0 Å². The van der Waals surface area contributed by atoms with E-state index in [9.17, 15) is 0 Å². The number of ether oxygens (including phenoxy) is 1. The van der Waals surface area contributed by atoms with E-state index in [1.165, 1.54) is 32.1 Å². The molecule has 0 aromatic heterocycles. The van der Waals surface area contributed by atoms with Gasteiger partial charge in [0.05, 0.1) is 12.2 Å². The molecule has 1 heteroatoms. The van der Waals surface area contributed by atoms with E-state index >= 15 is 0 Å². The summed E-state index contributed by atoms with van der Waals surface area (Å²) in [5, 5.41) is 0. The minimum atomic E-state index is 0.0549. The molecule has 2 aliphatic rings. The molecule has 2 rings (SSSR count). The van der Waals surface area contributed by atoms with Gasteiger partial charge in [0.15, 0.2) is 0 Å². The minimum absolute atomic E-state index is 0.0549. The first-order chi connectivity index (χ1) is 6.02. The molecule has 2 fully saturated rings. The van der Waals surface area contributed by atoms with Crippen LogP contribution in [0.5, 0.6) is 0 Å². The van der Waals surface area contributed by atoms with Crippen molar-refractivity contribution in [2.75, 3.05) is 6.61 Å². The molecule has 0 N–H and O–H groups in total. The van der Waals surface area contributed by atoms with Crippen LogP contribution in [0.3, 0.4) is 0 Å². The van der Waals surface area contributed by atoms with Crippen molar-refractivity contribution in [2.45, 2.75) is 58.5 Å².